The third-order valence-corrected chi connectivity index (χ3v) is 7.72. The summed E-state index contributed by atoms with van der Waals surface area (Å²) in [6.45, 7) is 10.3. The van der Waals surface area contributed by atoms with E-state index in [-0.39, 0.29) is 5.82 Å². The Hall–Kier alpha value is -4.64. The maximum atomic E-state index is 13.5. The van der Waals surface area contributed by atoms with Crippen LogP contribution in [-0.4, -0.2) is 15.2 Å². The first kappa shape index (κ1) is 24.7. The zero-order valence-electron chi connectivity index (χ0n) is 22.0. The van der Waals surface area contributed by atoms with Gasteiger partial charge in [0.2, 0.25) is 0 Å². The van der Waals surface area contributed by atoms with Gasteiger partial charge in [-0.25, -0.2) is 4.39 Å². The van der Waals surface area contributed by atoms with Crippen molar-refractivity contribution in [2.45, 2.75) is 26.2 Å². The van der Waals surface area contributed by atoms with Gasteiger partial charge in [0.25, 0.3) is 0 Å². The molecule has 0 amide bonds. The highest BCUT2D eigenvalue weighted by atomic mass is 19.1. The third-order valence-electron chi connectivity index (χ3n) is 7.72. The summed E-state index contributed by atoms with van der Waals surface area (Å²) in [6, 6.07) is 21.2. The number of fused-ring (bicyclic) bond motifs is 2. The van der Waals surface area contributed by atoms with Crippen molar-refractivity contribution in [3.8, 4) is 22.5 Å². The number of aromatic nitrogens is 3. The zero-order chi connectivity index (χ0) is 26.9. The third kappa shape index (κ3) is 4.72. The van der Waals surface area contributed by atoms with Crippen LogP contribution in [0, 0.1) is 11.7 Å². The lowest BCUT2D eigenvalue weighted by Gasteiger charge is -2.28. The molecule has 0 spiro atoms. The maximum absolute atomic E-state index is 13.5. The van der Waals surface area contributed by atoms with Crippen LogP contribution < -0.4 is 5.32 Å². The van der Waals surface area contributed by atoms with E-state index in [1.165, 1.54) is 31.4 Å². The highest BCUT2D eigenvalue weighted by Crippen LogP contribution is 2.35. The highest BCUT2D eigenvalue weighted by Gasteiger charge is 2.20. The Bertz CT molecular complexity index is 1760. The summed E-state index contributed by atoms with van der Waals surface area (Å²) in [5.74, 6) is 0.307. The lowest BCUT2D eigenvalue weighted by Crippen LogP contribution is -2.23. The number of hydrogen-bond acceptors (Lipinski definition) is 2. The first-order chi connectivity index (χ1) is 19.0. The fraction of sp³-hybridized carbons (Fsp3) is 0.147. The van der Waals surface area contributed by atoms with E-state index in [1.54, 1.807) is 0 Å². The van der Waals surface area contributed by atoms with Gasteiger partial charge in [-0.1, -0.05) is 56.0 Å². The Balaban J connectivity index is 1.36. The van der Waals surface area contributed by atoms with Gasteiger partial charge in [-0.05, 0) is 96.5 Å². The van der Waals surface area contributed by atoms with Crippen LogP contribution in [-0.2, 0) is 0 Å². The number of hydrogen-bond donors (Lipinski definition) is 3. The number of nitrogens with one attached hydrogen (secondary N) is 3. The quantitative estimate of drug-likeness (QED) is 0.181. The number of H-pyrrole nitrogens is 2. The van der Waals surface area contributed by atoms with Crippen molar-refractivity contribution in [2.24, 2.45) is 5.92 Å². The Morgan fingerprint density at radius 3 is 2.56 bits per heavy atom. The molecule has 1 aliphatic rings. The summed E-state index contributed by atoms with van der Waals surface area (Å²) < 4.78 is 13.5. The Morgan fingerprint density at radius 1 is 1.03 bits per heavy atom. The lowest BCUT2D eigenvalue weighted by atomic mass is 9.83. The van der Waals surface area contributed by atoms with E-state index in [0.717, 1.165) is 66.9 Å². The Kier molecular flexibility index (Phi) is 6.49. The fourth-order valence-corrected chi connectivity index (χ4v) is 5.25. The van der Waals surface area contributed by atoms with Crippen LogP contribution in [0.2, 0.25) is 0 Å². The smallest absolute Gasteiger partial charge is 0.123 e. The second kappa shape index (κ2) is 10.3. The van der Waals surface area contributed by atoms with E-state index in [1.807, 2.05) is 31.2 Å². The molecular formula is C34H31FN4. The van der Waals surface area contributed by atoms with Crippen LogP contribution in [0.15, 0.2) is 110 Å². The van der Waals surface area contributed by atoms with E-state index < -0.39 is 0 Å². The molecule has 3 N–H and O–H groups in total. The van der Waals surface area contributed by atoms with Crippen molar-refractivity contribution >= 4 is 27.4 Å². The second-order valence-corrected chi connectivity index (χ2v) is 10.1. The van der Waals surface area contributed by atoms with Crippen molar-refractivity contribution in [3.63, 3.8) is 0 Å². The molecule has 39 heavy (non-hydrogen) atoms. The molecule has 0 bridgehead atoms. The van der Waals surface area contributed by atoms with E-state index in [4.69, 9.17) is 0 Å². The van der Waals surface area contributed by atoms with E-state index in [9.17, 15) is 4.39 Å². The van der Waals surface area contributed by atoms with Crippen molar-refractivity contribution in [1.82, 2.24) is 20.5 Å². The minimum Gasteiger partial charge on any atom is -0.359 e. The molecule has 2 aromatic heterocycles. The monoisotopic (exact) mass is 514 g/mol. The second-order valence-electron chi connectivity index (χ2n) is 10.1. The van der Waals surface area contributed by atoms with Crippen LogP contribution in [0.3, 0.4) is 0 Å². The van der Waals surface area contributed by atoms with Gasteiger partial charge in [0, 0.05) is 27.7 Å². The minimum atomic E-state index is -0.242. The minimum absolute atomic E-state index is 0.242. The molecule has 2 heterocycles. The molecule has 0 saturated heterocycles. The van der Waals surface area contributed by atoms with Gasteiger partial charge in [0.1, 0.15) is 11.5 Å². The maximum Gasteiger partial charge on any atom is 0.123 e. The van der Waals surface area contributed by atoms with Gasteiger partial charge >= 0.3 is 0 Å². The van der Waals surface area contributed by atoms with Crippen LogP contribution in [0.25, 0.3) is 49.9 Å². The van der Waals surface area contributed by atoms with Gasteiger partial charge in [-0.15, -0.1) is 0 Å². The van der Waals surface area contributed by atoms with Gasteiger partial charge < -0.3 is 10.3 Å². The predicted molar refractivity (Wildman–Crippen MR) is 160 cm³/mol. The van der Waals surface area contributed by atoms with Crippen molar-refractivity contribution in [1.29, 1.82) is 0 Å². The molecule has 0 unspecified atom stereocenters. The number of rotatable bonds is 8. The molecule has 1 aliphatic carbocycles. The molecular weight excluding hydrogens is 483 g/mol. The average Bonchev–Trinajstić information content (AvgIpc) is 3.54. The summed E-state index contributed by atoms with van der Waals surface area (Å²) in [5, 5.41) is 13.4. The van der Waals surface area contributed by atoms with Crippen molar-refractivity contribution in [2.75, 3.05) is 0 Å². The van der Waals surface area contributed by atoms with Gasteiger partial charge in [-0.2, -0.15) is 5.10 Å². The summed E-state index contributed by atoms with van der Waals surface area (Å²) in [6.07, 6.45) is 9.75. The number of allylic oxidation sites excluding steroid dienone is 5. The van der Waals surface area contributed by atoms with Gasteiger partial charge in [-0.3, -0.25) is 5.10 Å². The molecule has 1 fully saturated rings. The lowest BCUT2D eigenvalue weighted by molar-refractivity contribution is 0.356. The van der Waals surface area contributed by atoms with Crippen molar-refractivity contribution in [3.05, 3.63) is 121 Å². The summed E-state index contributed by atoms with van der Waals surface area (Å²) >= 11 is 0. The van der Waals surface area contributed by atoms with Crippen molar-refractivity contribution < 1.29 is 4.39 Å². The molecule has 6 rings (SSSR count). The average molecular weight is 515 g/mol. The zero-order valence-corrected chi connectivity index (χ0v) is 22.0. The van der Waals surface area contributed by atoms with Gasteiger partial charge in [0.15, 0.2) is 0 Å². The SMILES string of the molecule is C=C/C(=C\C(=C/C)c1ccc2[nH]nc(-c3cc4c(-c5ccc(F)cc5)cccc4[nH]3)c2c1)NC(=C)C1CCC1. The summed E-state index contributed by atoms with van der Waals surface area (Å²) in [7, 11) is 0. The molecule has 194 valence electrons. The summed E-state index contributed by atoms with van der Waals surface area (Å²) in [5.41, 5.74) is 9.94. The largest absolute Gasteiger partial charge is 0.359 e. The summed E-state index contributed by atoms with van der Waals surface area (Å²) in [4.78, 5) is 3.54. The van der Waals surface area contributed by atoms with Crippen LogP contribution >= 0.6 is 0 Å². The standard InChI is InChI=1S/C34H31FN4/c1-4-22(18-27(5-2)36-21(3)23-8-6-9-23)25-14-17-32-30(19-25)34(39-38-32)33-20-29-28(10-7-11-31(29)37-33)24-12-15-26(35)16-13-24/h4-5,7,10-20,23,36-37H,2-3,6,8-9H2,1H3,(H,38,39)/b22-4+,27-18+. The van der Waals surface area contributed by atoms with Gasteiger partial charge in [0.05, 0.1) is 11.2 Å². The number of benzene rings is 3. The van der Waals surface area contributed by atoms with E-state index in [2.05, 4.69) is 82.2 Å². The number of halogens is 1. The molecule has 5 heteroatoms. The molecule has 5 aromatic rings. The Labute approximate surface area is 227 Å². The van der Waals surface area contributed by atoms with Crippen LogP contribution in [0.1, 0.15) is 31.7 Å². The van der Waals surface area contributed by atoms with Crippen LogP contribution in [0.4, 0.5) is 4.39 Å². The molecule has 1 saturated carbocycles. The highest BCUT2D eigenvalue weighted by molar-refractivity contribution is 6.01. The Morgan fingerprint density at radius 2 is 1.85 bits per heavy atom. The fourth-order valence-electron chi connectivity index (χ4n) is 5.25. The topological polar surface area (TPSA) is 56.5 Å². The van der Waals surface area contributed by atoms with E-state index >= 15 is 0 Å². The number of nitrogens with zero attached hydrogens (tertiary/aromatic N) is 1. The number of aromatic amines is 2. The molecule has 4 nitrogen and oxygen atoms in total. The molecule has 0 radical (unpaired) electrons. The molecule has 0 atom stereocenters. The predicted octanol–water partition coefficient (Wildman–Crippen LogP) is 8.89. The first-order valence-corrected chi connectivity index (χ1v) is 13.4. The first-order valence-electron chi connectivity index (χ1n) is 13.4. The van der Waals surface area contributed by atoms with E-state index in [0.29, 0.717) is 5.92 Å². The van der Waals surface area contributed by atoms with Crippen LogP contribution in [0.5, 0.6) is 0 Å². The molecule has 0 aliphatic heterocycles. The molecule has 3 aromatic carbocycles. The normalized spacial score (nSPS) is 14.5.